The number of nitrogens with one attached hydrogen (secondary N) is 1. The number of hydrogen-bond donors (Lipinski definition) is 2. The predicted octanol–water partition coefficient (Wildman–Crippen LogP) is 3.73. The zero-order valence-corrected chi connectivity index (χ0v) is 13.9. The second kappa shape index (κ2) is 7.57. The Morgan fingerprint density at radius 1 is 1.08 bits per heavy atom. The van der Waals surface area contributed by atoms with Crippen LogP contribution >= 0.6 is 0 Å². The van der Waals surface area contributed by atoms with E-state index in [2.05, 4.69) is 15.3 Å². The Morgan fingerprint density at radius 3 is 2.48 bits per heavy atom. The van der Waals surface area contributed by atoms with Gasteiger partial charge < -0.3 is 10.4 Å². The zero-order chi connectivity index (χ0) is 17.6. The Balaban J connectivity index is 1.57. The van der Waals surface area contributed by atoms with Crippen LogP contribution in [0.2, 0.25) is 0 Å². The van der Waals surface area contributed by atoms with Crippen LogP contribution in [0.1, 0.15) is 17.5 Å². The first kappa shape index (κ1) is 16.6. The van der Waals surface area contributed by atoms with Gasteiger partial charge in [-0.05, 0) is 31.0 Å². The van der Waals surface area contributed by atoms with Crippen LogP contribution < -0.4 is 5.32 Å². The zero-order valence-electron chi connectivity index (χ0n) is 13.9. The Labute approximate surface area is 146 Å². The normalized spacial score (nSPS) is 10.4. The molecule has 0 saturated heterocycles. The second-order valence-corrected chi connectivity index (χ2v) is 5.88. The fourth-order valence-electron chi connectivity index (χ4n) is 2.42. The molecule has 2 N–H and O–H groups in total. The monoisotopic (exact) mass is 333 g/mol. The molecule has 126 valence electrons. The van der Waals surface area contributed by atoms with Crippen LogP contribution in [0, 0.1) is 6.92 Å². The van der Waals surface area contributed by atoms with Gasteiger partial charge in [-0.15, -0.1) is 0 Å². The summed E-state index contributed by atoms with van der Waals surface area (Å²) in [4.78, 5) is 20.5. The molecule has 3 aromatic rings. The van der Waals surface area contributed by atoms with Crippen molar-refractivity contribution in [1.82, 2.24) is 9.97 Å². The van der Waals surface area contributed by atoms with Crippen molar-refractivity contribution in [3.8, 4) is 17.1 Å². The van der Waals surface area contributed by atoms with Gasteiger partial charge in [-0.3, -0.25) is 4.79 Å². The molecule has 1 amide bonds. The van der Waals surface area contributed by atoms with Gasteiger partial charge in [-0.1, -0.05) is 42.0 Å². The highest BCUT2D eigenvalue weighted by Gasteiger charge is 2.06. The van der Waals surface area contributed by atoms with Gasteiger partial charge in [0.1, 0.15) is 5.75 Å². The van der Waals surface area contributed by atoms with Crippen LogP contribution in [0.15, 0.2) is 60.9 Å². The molecule has 0 bridgehead atoms. The number of aromatic nitrogens is 2. The molecule has 1 heterocycles. The Hall–Kier alpha value is -3.21. The molecule has 0 fully saturated rings. The van der Waals surface area contributed by atoms with Gasteiger partial charge >= 0.3 is 0 Å². The minimum Gasteiger partial charge on any atom is -0.508 e. The molecule has 0 radical (unpaired) electrons. The van der Waals surface area contributed by atoms with Gasteiger partial charge in [0.2, 0.25) is 5.91 Å². The van der Waals surface area contributed by atoms with Gasteiger partial charge in [-0.25, -0.2) is 9.97 Å². The third-order valence-corrected chi connectivity index (χ3v) is 3.80. The summed E-state index contributed by atoms with van der Waals surface area (Å²) in [5.74, 6) is 0.581. The number of rotatable bonds is 5. The molecule has 3 rings (SSSR count). The van der Waals surface area contributed by atoms with Gasteiger partial charge in [0.25, 0.3) is 0 Å². The minimum absolute atomic E-state index is 0.0747. The summed E-state index contributed by atoms with van der Waals surface area (Å²) in [5, 5.41) is 12.3. The largest absolute Gasteiger partial charge is 0.508 e. The van der Waals surface area contributed by atoms with Crippen molar-refractivity contribution < 1.29 is 9.90 Å². The molecule has 5 heteroatoms. The standard InChI is InChI=1S/C20H19N3O2/c1-14-5-7-15(8-6-14)9-10-19(25)23-17-12-21-20(22-13-17)16-3-2-4-18(24)11-16/h2-8,11-13,24H,9-10H2,1H3,(H,23,25). The van der Waals surface area contributed by atoms with Crippen LogP contribution in [0.3, 0.4) is 0 Å². The Bertz CT molecular complexity index is 859. The van der Waals surface area contributed by atoms with Crippen molar-refractivity contribution >= 4 is 11.6 Å². The highest BCUT2D eigenvalue weighted by Crippen LogP contribution is 2.20. The number of aromatic hydroxyl groups is 1. The fourth-order valence-corrected chi connectivity index (χ4v) is 2.42. The minimum atomic E-state index is -0.0747. The highest BCUT2D eigenvalue weighted by atomic mass is 16.3. The van der Waals surface area contributed by atoms with Gasteiger partial charge in [0.05, 0.1) is 18.1 Å². The number of phenolic OH excluding ortho intramolecular Hbond substituents is 1. The maximum Gasteiger partial charge on any atom is 0.224 e. The smallest absolute Gasteiger partial charge is 0.224 e. The van der Waals surface area contributed by atoms with Crippen molar-refractivity contribution in [2.24, 2.45) is 0 Å². The van der Waals surface area contributed by atoms with Crippen molar-refractivity contribution in [2.45, 2.75) is 19.8 Å². The summed E-state index contributed by atoms with van der Waals surface area (Å²) < 4.78 is 0. The molecule has 0 saturated carbocycles. The molecule has 1 aromatic heterocycles. The van der Waals surface area contributed by atoms with Crippen molar-refractivity contribution in [3.05, 3.63) is 72.1 Å². The molecule has 5 nitrogen and oxygen atoms in total. The lowest BCUT2D eigenvalue weighted by Gasteiger charge is -2.06. The second-order valence-electron chi connectivity index (χ2n) is 5.88. The summed E-state index contributed by atoms with van der Waals surface area (Å²) in [5.41, 5.74) is 3.61. The molecule has 0 unspecified atom stereocenters. The first-order valence-corrected chi connectivity index (χ1v) is 8.07. The van der Waals surface area contributed by atoms with Crippen LogP contribution in [0.25, 0.3) is 11.4 Å². The van der Waals surface area contributed by atoms with Gasteiger partial charge in [0, 0.05) is 12.0 Å². The lowest BCUT2D eigenvalue weighted by molar-refractivity contribution is -0.116. The van der Waals surface area contributed by atoms with Gasteiger partial charge in [0.15, 0.2) is 5.82 Å². The molecule has 2 aromatic carbocycles. The number of phenols is 1. The van der Waals surface area contributed by atoms with E-state index in [1.807, 2.05) is 37.3 Å². The molecule has 0 aliphatic carbocycles. The van der Waals surface area contributed by atoms with Crippen LogP contribution in [0.5, 0.6) is 5.75 Å². The van der Waals surface area contributed by atoms with E-state index >= 15 is 0 Å². The number of hydrogen-bond acceptors (Lipinski definition) is 4. The summed E-state index contributed by atoms with van der Waals surface area (Å²) in [7, 11) is 0. The quantitative estimate of drug-likeness (QED) is 0.746. The summed E-state index contributed by atoms with van der Waals surface area (Å²) in [6.45, 7) is 2.04. The Kier molecular flexibility index (Phi) is 5.04. The third kappa shape index (κ3) is 4.64. The van der Waals surface area contributed by atoms with E-state index in [0.29, 0.717) is 24.4 Å². The molecular weight excluding hydrogens is 314 g/mol. The van der Waals surface area contributed by atoms with E-state index in [-0.39, 0.29) is 11.7 Å². The summed E-state index contributed by atoms with van der Waals surface area (Å²) in [6.07, 6.45) is 4.22. The van der Waals surface area contributed by atoms with Crippen molar-refractivity contribution in [3.63, 3.8) is 0 Å². The van der Waals surface area contributed by atoms with Crippen LogP contribution in [0.4, 0.5) is 5.69 Å². The number of nitrogens with zero attached hydrogens (tertiary/aromatic N) is 2. The lowest BCUT2D eigenvalue weighted by atomic mass is 10.1. The van der Waals surface area contributed by atoms with Crippen molar-refractivity contribution in [2.75, 3.05) is 5.32 Å². The SMILES string of the molecule is Cc1ccc(CCC(=O)Nc2cnc(-c3cccc(O)c3)nc2)cc1. The average molecular weight is 333 g/mol. The lowest BCUT2D eigenvalue weighted by Crippen LogP contribution is -2.12. The first-order chi connectivity index (χ1) is 12.1. The highest BCUT2D eigenvalue weighted by molar-refractivity contribution is 5.90. The van der Waals surface area contributed by atoms with Crippen molar-refractivity contribution in [1.29, 1.82) is 0 Å². The maximum absolute atomic E-state index is 12.1. The number of amides is 1. The third-order valence-electron chi connectivity index (χ3n) is 3.80. The molecule has 0 atom stereocenters. The van der Waals surface area contributed by atoms with E-state index in [9.17, 15) is 9.90 Å². The van der Waals surface area contributed by atoms with E-state index in [1.165, 1.54) is 5.56 Å². The Morgan fingerprint density at radius 2 is 1.80 bits per heavy atom. The predicted molar refractivity (Wildman–Crippen MR) is 97.3 cm³/mol. The average Bonchev–Trinajstić information content (AvgIpc) is 2.62. The molecule has 0 spiro atoms. The molecular formula is C20H19N3O2. The van der Waals surface area contributed by atoms with Gasteiger partial charge in [-0.2, -0.15) is 0 Å². The maximum atomic E-state index is 12.1. The number of anilines is 1. The fraction of sp³-hybridized carbons (Fsp3) is 0.150. The summed E-state index contributed by atoms with van der Waals surface area (Å²) in [6, 6.07) is 14.9. The van der Waals surface area contributed by atoms with Crippen LogP contribution in [-0.4, -0.2) is 21.0 Å². The van der Waals surface area contributed by atoms with E-state index in [4.69, 9.17) is 0 Å². The molecule has 0 aliphatic heterocycles. The number of carbonyl (C=O) groups excluding carboxylic acids is 1. The molecule has 25 heavy (non-hydrogen) atoms. The number of benzene rings is 2. The van der Waals surface area contributed by atoms with E-state index < -0.39 is 0 Å². The topological polar surface area (TPSA) is 75.1 Å². The molecule has 0 aliphatic rings. The summed E-state index contributed by atoms with van der Waals surface area (Å²) >= 11 is 0. The first-order valence-electron chi connectivity index (χ1n) is 8.07. The van der Waals surface area contributed by atoms with Crippen LogP contribution in [-0.2, 0) is 11.2 Å². The number of aryl methyl sites for hydroxylation is 2. The number of carbonyl (C=O) groups is 1. The van der Waals surface area contributed by atoms with E-state index in [0.717, 1.165) is 11.1 Å². The van der Waals surface area contributed by atoms with E-state index in [1.54, 1.807) is 30.6 Å².